The zero-order valence-corrected chi connectivity index (χ0v) is 9.79. The molecule has 1 aliphatic carbocycles. The fraction of sp³-hybridized carbons (Fsp3) is 0.917. The largest absolute Gasteiger partial charge is 0.342 e. The van der Waals surface area contributed by atoms with Crippen molar-refractivity contribution in [3.05, 3.63) is 0 Å². The molecule has 96 valence electrons. The summed E-state index contributed by atoms with van der Waals surface area (Å²) in [5.41, 5.74) is 0. The van der Waals surface area contributed by atoms with E-state index in [9.17, 15) is 13.6 Å². The van der Waals surface area contributed by atoms with Gasteiger partial charge in [0.2, 0.25) is 5.91 Å². The highest BCUT2D eigenvalue weighted by atomic mass is 19.3. The van der Waals surface area contributed by atoms with Gasteiger partial charge in [-0.05, 0) is 18.8 Å². The molecule has 2 atom stereocenters. The van der Waals surface area contributed by atoms with E-state index in [0.717, 1.165) is 6.42 Å². The standard InChI is InChI=1S/C12H18F2N2O/c13-12(14)3-1-2-8-6-16(7-10(8)12)11(17)9-4-15-5-9/h8-10,15H,1-7H2/t8-,10-/m0/s1. The Morgan fingerprint density at radius 3 is 2.65 bits per heavy atom. The molecule has 0 radical (unpaired) electrons. The molecular formula is C12H18F2N2O. The number of carbonyl (C=O) groups excluding carboxylic acids is 1. The molecule has 0 aromatic carbocycles. The van der Waals surface area contributed by atoms with Gasteiger partial charge in [0.05, 0.1) is 5.92 Å². The van der Waals surface area contributed by atoms with Gasteiger partial charge in [-0.2, -0.15) is 0 Å². The Bertz CT molecular complexity index is 330. The van der Waals surface area contributed by atoms with E-state index in [1.165, 1.54) is 0 Å². The second-order valence-electron chi connectivity index (χ2n) is 5.62. The fourth-order valence-corrected chi connectivity index (χ4v) is 3.33. The first kappa shape index (κ1) is 11.4. The maximum atomic E-state index is 13.7. The molecule has 2 heterocycles. The predicted octanol–water partition coefficient (Wildman–Crippen LogP) is 1.10. The van der Waals surface area contributed by atoms with Crippen LogP contribution in [0.3, 0.4) is 0 Å². The number of hydrogen-bond acceptors (Lipinski definition) is 2. The molecule has 0 bridgehead atoms. The first-order valence-electron chi connectivity index (χ1n) is 6.45. The summed E-state index contributed by atoms with van der Waals surface area (Å²) >= 11 is 0. The summed E-state index contributed by atoms with van der Waals surface area (Å²) in [5, 5.41) is 3.05. The lowest BCUT2D eigenvalue weighted by molar-refractivity contribution is -0.136. The van der Waals surface area contributed by atoms with Gasteiger partial charge in [-0.3, -0.25) is 4.79 Å². The minimum atomic E-state index is -2.56. The predicted molar refractivity (Wildman–Crippen MR) is 58.7 cm³/mol. The van der Waals surface area contributed by atoms with Crippen molar-refractivity contribution in [3.63, 3.8) is 0 Å². The SMILES string of the molecule is O=C(C1CNC1)N1C[C@@H]2CCCC(F)(F)[C@H]2C1. The summed E-state index contributed by atoms with van der Waals surface area (Å²) < 4.78 is 27.5. The fourth-order valence-electron chi connectivity index (χ4n) is 3.33. The van der Waals surface area contributed by atoms with Crippen LogP contribution < -0.4 is 5.32 Å². The number of nitrogens with one attached hydrogen (secondary N) is 1. The summed E-state index contributed by atoms with van der Waals surface area (Å²) in [6.45, 7) is 2.24. The maximum Gasteiger partial charge on any atom is 0.252 e. The number of carbonyl (C=O) groups is 1. The van der Waals surface area contributed by atoms with Crippen molar-refractivity contribution in [2.75, 3.05) is 26.2 Å². The van der Waals surface area contributed by atoms with Crippen LogP contribution in [0.15, 0.2) is 0 Å². The Labute approximate surface area is 99.5 Å². The van der Waals surface area contributed by atoms with E-state index >= 15 is 0 Å². The lowest BCUT2D eigenvalue weighted by atomic mass is 9.79. The van der Waals surface area contributed by atoms with Crippen molar-refractivity contribution < 1.29 is 13.6 Å². The molecule has 5 heteroatoms. The highest BCUT2D eigenvalue weighted by Gasteiger charge is 2.52. The normalized spacial score (nSPS) is 36.5. The maximum absolute atomic E-state index is 13.7. The van der Waals surface area contributed by atoms with E-state index in [-0.39, 0.29) is 30.7 Å². The van der Waals surface area contributed by atoms with Gasteiger partial charge in [-0.1, -0.05) is 0 Å². The third kappa shape index (κ3) is 1.84. The average molecular weight is 244 g/mol. The van der Waals surface area contributed by atoms with Gasteiger partial charge in [0.25, 0.3) is 5.92 Å². The number of rotatable bonds is 1. The molecular weight excluding hydrogens is 226 g/mol. The molecule has 3 rings (SSSR count). The Hall–Kier alpha value is -0.710. The van der Waals surface area contributed by atoms with Gasteiger partial charge in [-0.15, -0.1) is 0 Å². The zero-order chi connectivity index (χ0) is 12.0. The Balaban J connectivity index is 1.69. The van der Waals surface area contributed by atoms with Gasteiger partial charge in [-0.25, -0.2) is 8.78 Å². The minimum absolute atomic E-state index is 0.00117. The molecule has 0 spiro atoms. The second kappa shape index (κ2) is 3.90. The second-order valence-corrected chi connectivity index (χ2v) is 5.62. The van der Waals surface area contributed by atoms with Crippen molar-refractivity contribution in [2.45, 2.75) is 25.2 Å². The molecule has 1 saturated carbocycles. The van der Waals surface area contributed by atoms with Crippen LogP contribution in [0.25, 0.3) is 0 Å². The molecule has 0 aromatic rings. The molecule has 1 amide bonds. The van der Waals surface area contributed by atoms with Crippen molar-refractivity contribution in [1.29, 1.82) is 0 Å². The summed E-state index contributed by atoms with van der Waals surface area (Å²) in [6.07, 6.45) is 1.45. The summed E-state index contributed by atoms with van der Waals surface area (Å²) in [5.74, 6) is -3.02. The molecule has 2 saturated heterocycles. The van der Waals surface area contributed by atoms with Crippen LogP contribution in [-0.4, -0.2) is 42.9 Å². The van der Waals surface area contributed by atoms with Gasteiger partial charge in [0.1, 0.15) is 0 Å². The van der Waals surface area contributed by atoms with Gasteiger partial charge >= 0.3 is 0 Å². The zero-order valence-electron chi connectivity index (χ0n) is 9.79. The summed E-state index contributed by atoms with van der Waals surface area (Å²) in [7, 11) is 0. The average Bonchev–Trinajstić information content (AvgIpc) is 2.59. The van der Waals surface area contributed by atoms with Gasteiger partial charge < -0.3 is 10.2 Å². The number of fused-ring (bicyclic) bond motifs is 1. The molecule has 0 aromatic heterocycles. The quantitative estimate of drug-likeness (QED) is 0.749. The van der Waals surface area contributed by atoms with Crippen LogP contribution in [0.2, 0.25) is 0 Å². The Morgan fingerprint density at radius 1 is 1.29 bits per heavy atom. The summed E-state index contributed by atoms with van der Waals surface area (Å²) in [4.78, 5) is 13.7. The number of alkyl halides is 2. The van der Waals surface area contributed by atoms with Gasteiger partial charge in [0.15, 0.2) is 0 Å². The van der Waals surface area contributed by atoms with Gasteiger partial charge in [0, 0.05) is 38.5 Å². The molecule has 3 nitrogen and oxygen atoms in total. The molecule has 3 aliphatic rings. The van der Waals surface area contributed by atoms with Crippen molar-refractivity contribution >= 4 is 5.91 Å². The van der Waals surface area contributed by atoms with Crippen molar-refractivity contribution in [3.8, 4) is 0 Å². The molecule has 1 N–H and O–H groups in total. The van der Waals surface area contributed by atoms with E-state index in [2.05, 4.69) is 5.32 Å². The van der Waals surface area contributed by atoms with E-state index in [4.69, 9.17) is 0 Å². The minimum Gasteiger partial charge on any atom is -0.342 e. The van der Waals surface area contributed by atoms with Crippen LogP contribution in [0, 0.1) is 17.8 Å². The van der Waals surface area contributed by atoms with Crippen molar-refractivity contribution in [1.82, 2.24) is 10.2 Å². The van der Waals surface area contributed by atoms with Crippen molar-refractivity contribution in [2.24, 2.45) is 17.8 Å². The topological polar surface area (TPSA) is 32.3 Å². The molecule has 3 fully saturated rings. The van der Waals surface area contributed by atoms with E-state index in [1.54, 1.807) is 4.90 Å². The molecule has 2 aliphatic heterocycles. The summed E-state index contributed by atoms with van der Waals surface area (Å²) in [6, 6.07) is 0. The third-order valence-corrected chi connectivity index (χ3v) is 4.51. The van der Waals surface area contributed by atoms with E-state index in [1.807, 2.05) is 0 Å². The number of nitrogens with zero attached hydrogens (tertiary/aromatic N) is 1. The third-order valence-electron chi connectivity index (χ3n) is 4.51. The highest BCUT2D eigenvalue weighted by Crippen LogP contribution is 2.46. The monoisotopic (exact) mass is 244 g/mol. The number of amides is 1. The number of hydrogen-bond donors (Lipinski definition) is 1. The van der Waals surface area contributed by atoms with Crippen LogP contribution in [-0.2, 0) is 4.79 Å². The highest BCUT2D eigenvalue weighted by molar-refractivity contribution is 5.80. The Kier molecular flexibility index (Phi) is 2.61. The van der Waals surface area contributed by atoms with Crippen LogP contribution in [0.4, 0.5) is 8.78 Å². The molecule has 17 heavy (non-hydrogen) atoms. The van der Waals surface area contributed by atoms with Crippen LogP contribution in [0.5, 0.6) is 0 Å². The van der Waals surface area contributed by atoms with E-state index < -0.39 is 11.8 Å². The smallest absolute Gasteiger partial charge is 0.252 e. The number of halogens is 2. The van der Waals surface area contributed by atoms with Crippen LogP contribution in [0.1, 0.15) is 19.3 Å². The first-order valence-corrected chi connectivity index (χ1v) is 6.45. The first-order chi connectivity index (χ1) is 8.08. The Morgan fingerprint density at radius 2 is 2.06 bits per heavy atom. The molecule has 0 unspecified atom stereocenters. The lowest BCUT2D eigenvalue weighted by Crippen LogP contribution is -2.51. The van der Waals surface area contributed by atoms with E-state index in [0.29, 0.717) is 26.1 Å². The number of likely N-dealkylation sites (tertiary alicyclic amines) is 1. The lowest BCUT2D eigenvalue weighted by Gasteiger charge is -2.32. The van der Waals surface area contributed by atoms with Crippen LogP contribution >= 0.6 is 0 Å².